The number of rotatable bonds is 5. The normalized spacial score (nSPS) is 11.9. The van der Waals surface area contributed by atoms with E-state index in [1.165, 1.54) is 4.88 Å². The van der Waals surface area contributed by atoms with E-state index in [2.05, 4.69) is 10.4 Å². The van der Waals surface area contributed by atoms with Crippen molar-refractivity contribution in [3.63, 3.8) is 0 Å². The van der Waals surface area contributed by atoms with E-state index >= 15 is 0 Å². The van der Waals surface area contributed by atoms with Gasteiger partial charge in [0, 0.05) is 30.0 Å². The predicted octanol–water partition coefficient (Wildman–Crippen LogP) is 4.22. The largest absolute Gasteiger partial charge is 0.322 e. The zero-order valence-electron chi connectivity index (χ0n) is 13.7. The number of nitrogens with one attached hydrogen (secondary N) is 1. The standard InChI is InChI=1S/C18H20N4OS/c1-14(17-5-3-12-24-17)21(2)18(23)20-16-8-6-15(7-9-16)13-22-11-4-10-19-22/h3-12,14H,13H2,1-2H3,(H,20,23)/t14-/m1/s1. The van der Waals surface area contributed by atoms with E-state index in [1.54, 1.807) is 22.4 Å². The molecule has 3 aromatic rings. The van der Waals surface area contributed by atoms with Crippen LogP contribution in [0.25, 0.3) is 0 Å². The van der Waals surface area contributed by atoms with Crippen molar-refractivity contribution < 1.29 is 4.79 Å². The van der Waals surface area contributed by atoms with Crippen LogP contribution in [0, 0.1) is 0 Å². The Balaban J connectivity index is 1.60. The zero-order chi connectivity index (χ0) is 16.9. The summed E-state index contributed by atoms with van der Waals surface area (Å²) in [6.07, 6.45) is 3.69. The van der Waals surface area contributed by atoms with Crippen molar-refractivity contribution in [2.75, 3.05) is 12.4 Å². The van der Waals surface area contributed by atoms with Crippen LogP contribution >= 0.6 is 11.3 Å². The Hall–Kier alpha value is -2.60. The van der Waals surface area contributed by atoms with Crippen molar-refractivity contribution in [3.8, 4) is 0 Å². The van der Waals surface area contributed by atoms with Gasteiger partial charge in [0.2, 0.25) is 0 Å². The van der Waals surface area contributed by atoms with Gasteiger partial charge >= 0.3 is 6.03 Å². The highest BCUT2D eigenvalue weighted by atomic mass is 32.1. The Labute approximate surface area is 145 Å². The molecule has 6 heteroatoms. The number of aromatic nitrogens is 2. The fourth-order valence-corrected chi connectivity index (χ4v) is 3.21. The minimum absolute atomic E-state index is 0.0455. The first-order chi connectivity index (χ1) is 11.6. The van der Waals surface area contributed by atoms with Crippen LogP contribution in [-0.4, -0.2) is 27.8 Å². The zero-order valence-corrected chi connectivity index (χ0v) is 14.5. The molecule has 0 spiro atoms. The van der Waals surface area contributed by atoms with Gasteiger partial charge < -0.3 is 10.2 Å². The second-order valence-electron chi connectivity index (χ2n) is 5.63. The predicted molar refractivity (Wildman–Crippen MR) is 97.3 cm³/mol. The van der Waals surface area contributed by atoms with Gasteiger partial charge in [-0.15, -0.1) is 11.3 Å². The number of thiophene rings is 1. The van der Waals surface area contributed by atoms with Crippen LogP contribution in [0.4, 0.5) is 10.5 Å². The van der Waals surface area contributed by atoms with E-state index in [1.807, 2.05) is 72.7 Å². The first-order valence-corrected chi connectivity index (χ1v) is 8.65. The number of urea groups is 1. The summed E-state index contributed by atoms with van der Waals surface area (Å²) < 4.78 is 1.87. The van der Waals surface area contributed by atoms with Crippen molar-refractivity contribution >= 4 is 23.1 Å². The van der Waals surface area contributed by atoms with Gasteiger partial charge in [-0.1, -0.05) is 18.2 Å². The molecule has 0 saturated carbocycles. The summed E-state index contributed by atoms with van der Waals surface area (Å²) >= 11 is 1.66. The second-order valence-corrected chi connectivity index (χ2v) is 6.61. The highest BCUT2D eigenvalue weighted by molar-refractivity contribution is 7.10. The molecule has 2 heterocycles. The maximum absolute atomic E-state index is 12.4. The Morgan fingerprint density at radius 3 is 2.71 bits per heavy atom. The van der Waals surface area contributed by atoms with Crippen molar-refractivity contribution in [2.24, 2.45) is 0 Å². The molecule has 0 bridgehead atoms. The van der Waals surface area contributed by atoms with Crippen LogP contribution in [0.5, 0.6) is 0 Å². The number of anilines is 1. The smallest absolute Gasteiger partial charge is 0.320 e. The fraction of sp³-hybridized carbons (Fsp3) is 0.222. The highest BCUT2D eigenvalue weighted by Crippen LogP contribution is 2.24. The van der Waals surface area contributed by atoms with Gasteiger partial charge in [0.05, 0.1) is 12.6 Å². The lowest BCUT2D eigenvalue weighted by molar-refractivity contribution is 0.209. The Bertz CT molecular complexity index is 766. The van der Waals surface area contributed by atoms with Gasteiger partial charge in [-0.05, 0) is 42.1 Å². The summed E-state index contributed by atoms with van der Waals surface area (Å²) in [4.78, 5) is 15.3. The third-order valence-electron chi connectivity index (χ3n) is 3.97. The molecule has 0 aliphatic heterocycles. The van der Waals surface area contributed by atoms with Crippen molar-refractivity contribution in [2.45, 2.75) is 19.5 Å². The van der Waals surface area contributed by atoms with Crippen molar-refractivity contribution in [1.82, 2.24) is 14.7 Å². The van der Waals surface area contributed by atoms with Gasteiger partial charge in [-0.2, -0.15) is 5.10 Å². The minimum atomic E-state index is -0.115. The van der Waals surface area contributed by atoms with Gasteiger partial charge in [-0.3, -0.25) is 4.68 Å². The molecule has 1 atom stereocenters. The number of carbonyl (C=O) groups excluding carboxylic acids is 1. The molecule has 2 amide bonds. The molecule has 0 fully saturated rings. The summed E-state index contributed by atoms with van der Waals surface area (Å²) in [5.74, 6) is 0. The molecule has 0 aliphatic rings. The first-order valence-electron chi connectivity index (χ1n) is 7.77. The molecule has 0 unspecified atom stereocenters. The molecule has 24 heavy (non-hydrogen) atoms. The van der Waals surface area contributed by atoms with Crippen LogP contribution in [0.3, 0.4) is 0 Å². The maximum Gasteiger partial charge on any atom is 0.322 e. The molecule has 5 nitrogen and oxygen atoms in total. The molecular weight excluding hydrogens is 320 g/mol. The third kappa shape index (κ3) is 3.83. The van der Waals surface area contributed by atoms with Gasteiger partial charge in [0.15, 0.2) is 0 Å². The number of amides is 2. The van der Waals surface area contributed by atoms with Crippen LogP contribution in [-0.2, 0) is 6.54 Å². The Kier molecular flexibility index (Phi) is 4.96. The molecule has 124 valence electrons. The number of nitrogens with zero attached hydrogens (tertiary/aromatic N) is 3. The van der Waals surface area contributed by atoms with Crippen LogP contribution < -0.4 is 5.32 Å². The lowest BCUT2D eigenvalue weighted by Crippen LogP contribution is -2.33. The summed E-state index contributed by atoms with van der Waals surface area (Å²) in [7, 11) is 1.81. The average molecular weight is 340 g/mol. The Morgan fingerprint density at radius 1 is 1.29 bits per heavy atom. The van der Waals surface area contributed by atoms with E-state index in [9.17, 15) is 4.79 Å². The average Bonchev–Trinajstić information content (AvgIpc) is 3.28. The van der Waals surface area contributed by atoms with Crippen LogP contribution in [0.15, 0.2) is 60.2 Å². The number of hydrogen-bond donors (Lipinski definition) is 1. The monoisotopic (exact) mass is 340 g/mol. The quantitative estimate of drug-likeness (QED) is 0.756. The molecule has 1 aromatic carbocycles. The van der Waals surface area contributed by atoms with Crippen LogP contribution in [0.1, 0.15) is 23.4 Å². The summed E-state index contributed by atoms with van der Waals surface area (Å²) in [5, 5.41) is 9.15. The molecule has 1 N–H and O–H groups in total. The molecule has 0 radical (unpaired) electrons. The van der Waals surface area contributed by atoms with Gasteiger partial charge in [0.1, 0.15) is 0 Å². The topological polar surface area (TPSA) is 50.2 Å². The first kappa shape index (κ1) is 16.3. The number of benzene rings is 1. The highest BCUT2D eigenvalue weighted by Gasteiger charge is 2.18. The Morgan fingerprint density at radius 2 is 2.08 bits per heavy atom. The second kappa shape index (κ2) is 7.31. The lowest BCUT2D eigenvalue weighted by atomic mass is 10.2. The number of carbonyl (C=O) groups is 1. The molecule has 2 aromatic heterocycles. The molecule has 0 saturated heterocycles. The van der Waals surface area contributed by atoms with Crippen LogP contribution in [0.2, 0.25) is 0 Å². The lowest BCUT2D eigenvalue weighted by Gasteiger charge is -2.24. The third-order valence-corrected chi connectivity index (χ3v) is 5.01. The van der Waals surface area contributed by atoms with E-state index in [-0.39, 0.29) is 12.1 Å². The SMILES string of the molecule is C[C@H](c1cccs1)N(C)C(=O)Nc1ccc(Cn2cccn2)cc1. The molecular formula is C18H20N4OS. The van der Waals surface area contributed by atoms with Gasteiger partial charge in [-0.25, -0.2) is 4.79 Å². The number of hydrogen-bond acceptors (Lipinski definition) is 3. The van der Waals surface area contributed by atoms with Crippen molar-refractivity contribution in [1.29, 1.82) is 0 Å². The summed E-state index contributed by atoms with van der Waals surface area (Å²) in [5.41, 5.74) is 1.92. The van der Waals surface area contributed by atoms with E-state index in [0.29, 0.717) is 0 Å². The van der Waals surface area contributed by atoms with E-state index in [0.717, 1.165) is 17.8 Å². The summed E-state index contributed by atoms with van der Waals surface area (Å²) in [6, 6.07) is 13.7. The molecule has 3 rings (SSSR count). The summed E-state index contributed by atoms with van der Waals surface area (Å²) in [6.45, 7) is 2.75. The van der Waals surface area contributed by atoms with E-state index in [4.69, 9.17) is 0 Å². The molecule has 0 aliphatic carbocycles. The van der Waals surface area contributed by atoms with Gasteiger partial charge in [0.25, 0.3) is 0 Å². The minimum Gasteiger partial charge on any atom is -0.320 e. The maximum atomic E-state index is 12.4. The fourth-order valence-electron chi connectivity index (χ4n) is 2.38. The van der Waals surface area contributed by atoms with Crippen molar-refractivity contribution in [3.05, 3.63) is 70.7 Å². The van der Waals surface area contributed by atoms with E-state index < -0.39 is 0 Å².